The van der Waals surface area contributed by atoms with Gasteiger partial charge in [-0.3, -0.25) is 0 Å². The van der Waals surface area contributed by atoms with Crippen LogP contribution < -0.4 is 15.8 Å². The molecule has 3 heteroatoms. The molecule has 0 fully saturated rings. The molecule has 110 valence electrons. The van der Waals surface area contributed by atoms with E-state index in [0.717, 1.165) is 17.1 Å². The Kier molecular flexibility index (Phi) is 3.74. The summed E-state index contributed by atoms with van der Waals surface area (Å²) in [6.07, 6.45) is 3.80. The van der Waals surface area contributed by atoms with Gasteiger partial charge in [0.25, 0.3) is 0 Å². The number of nitrogens with two attached hydrogens (primary N) is 1. The highest BCUT2D eigenvalue weighted by atomic mass is 16.5. The van der Waals surface area contributed by atoms with Gasteiger partial charge in [-0.25, -0.2) is 0 Å². The zero-order chi connectivity index (χ0) is 14.8. The van der Waals surface area contributed by atoms with E-state index in [1.807, 2.05) is 32.0 Å². The summed E-state index contributed by atoms with van der Waals surface area (Å²) in [4.78, 5) is 0. The summed E-state index contributed by atoms with van der Waals surface area (Å²) in [5.41, 5.74) is 11.7. The average molecular weight is 282 g/mol. The minimum absolute atomic E-state index is 0.139. The molecule has 0 amide bonds. The van der Waals surface area contributed by atoms with E-state index in [9.17, 15) is 0 Å². The van der Waals surface area contributed by atoms with Gasteiger partial charge in [0.15, 0.2) is 0 Å². The van der Waals surface area contributed by atoms with Crippen LogP contribution in [0.1, 0.15) is 31.4 Å². The minimum Gasteiger partial charge on any atom is -0.491 e. The molecule has 2 aromatic rings. The van der Waals surface area contributed by atoms with Gasteiger partial charge in [0, 0.05) is 29.2 Å². The maximum absolute atomic E-state index is 5.96. The largest absolute Gasteiger partial charge is 0.491 e. The van der Waals surface area contributed by atoms with Crippen LogP contribution in [0.5, 0.6) is 5.75 Å². The van der Waals surface area contributed by atoms with Crippen molar-refractivity contribution < 1.29 is 4.74 Å². The predicted molar refractivity (Wildman–Crippen MR) is 88.4 cm³/mol. The van der Waals surface area contributed by atoms with Gasteiger partial charge in [0.1, 0.15) is 5.75 Å². The van der Waals surface area contributed by atoms with Crippen molar-refractivity contribution in [3.05, 3.63) is 47.5 Å². The van der Waals surface area contributed by atoms with E-state index in [4.69, 9.17) is 10.5 Å². The fraction of sp³-hybridized carbons (Fsp3) is 0.333. The first-order chi connectivity index (χ1) is 10.1. The Balaban J connectivity index is 1.82. The molecule has 1 aliphatic rings. The molecular weight excluding hydrogens is 260 g/mol. The van der Waals surface area contributed by atoms with Crippen LogP contribution >= 0.6 is 0 Å². The van der Waals surface area contributed by atoms with Crippen molar-refractivity contribution in [3.8, 4) is 5.75 Å². The lowest BCUT2D eigenvalue weighted by Crippen LogP contribution is -2.06. The minimum atomic E-state index is 0.139. The summed E-state index contributed by atoms with van der Waals surface area (Å²) in [6, 6.07) is 12.4. The molecule has 3 rings (SSSR count). The molecule has 21 heavy (non-hydrogen) atoms. The van der Waals surface area contributed by atoms with Crippen LogP contribution in [0.15, 0.2) is 36.4 Å². The summed E-state index contributed by atoms with van der Waals surface area (Å²) >= 11 is 0. The third kappa shape index (κ3) is 3.30. The van der Waals surface area contributed by atoms with Gasteiger partial charge in [-0.05, 0) is 62.4 Å². The molecule has 0 aromatic heterocycles. The molecule has 1 aliphatic carbocycles. The number of aryl methyl sites for hydroxylation is 2. The van der Waals surface area contributed by atoms with Gasteiger partial charge in [-0.2, -0.15) is 0 Å². The molecular formula is C18H22N2O. The second-order valence-corrected chi connectivity index (χ2v) is 5.92. The molecule has 3 nitrogen and oxygen atoms in total. The molecule has 0 saturated heterocycles. The number of ether oxygens (including phenoxy) is 1. The second-order valence-electron chi connectivity index (χ2n) is 5.92. The quantitative estimate of drug-likeness (QED) is 0.822. The van der Waals surface area contributed by atoms with Crippen molar-refractivity contribution in [2.75, 3.05) is 11.1 Å². The number of anilines is 3. The first-order valence-corrected chi connectivity index (χ1v) is 7.56. The first kappa shape index (κ1) is 13.8. The molecule has 0 atom stereocenters. The van der Waals surface area contributed by atoms with E-state index in [0.29, 0.717) is 5.69 Å². The molecule has 0 aliphatic heterocycles. The molecule has 0 heterocycles. The molecule has 0 spiro atoms. The fourth-order valence-corrected chi connectivity index (χ4v) is 2.85. The normalized spacial score (nSPS) is 13.3. The monoisotopic (exact) mass is 282 g/mol. The van der Waals surface area contributed by atoms with Gasteiger partial charge < -0.3 is 15.8 Å². The van der Waals surface area contributed by atoms with Gasteiger partial charge in [0.2, 0.25) is 0 Å². The molecule has 0 unspecified atom stereocenters. The zero-order valence-corrected chi connectivity index (χ0v) is 12.6. The Morgan fingerprint density at radius 2 is 1.81 bits per heavy atom. The average Bonchev–Trinajstić information content (AvgIpc) is 2.84. The third-order valence-corrected chi connectivity index (χ3v) is 3.69. The number of nitrogen functional groups attached to an aromatic ring is 1. The van der Waals surface area contributed by atoms with Crippen LogP contribution in [-0.2, 0) is 12.8 Å². The first-order valence-electron chi connectivity index (χ1n) is 7.56. The van der Waals surface area contributed by atoms with E-state index >= 15 is 0 Å². The Morgan fingerprint density at radius 1 is 1.00 bits per heavy atom. The smallest absolute Gasteiger partial charge is 0.123 e. The van der Waals surface area contributed by atoms with Crippen molar-refractivity contribution in [1.82, 2.24) is 0 Å². The molecule has 3 N–H and O–H groups in total. The summed E-state index contributed by atoms with van der Waals surface area (Å²) in [5.74, 6) is 0.800. The maximum Gasteiger partial charge on any atom is 0.123 e. The van der Waals surface area contributed by atoms with E-state index in [-0.39, 0.29) is 6.10 Å². The Morgan fingerprint density at radius 3 is 2.62 bits per heavy atom. The van der Waals surface area contributed by atoms with Crippen molar-refractivity contribution in [2.45, 2.75) is 39.2 Å². The van der Waals surface area contributed by atoms with Gasteiger partial charge >= 0.3 is 0 Å². The maximum atomic E-state index is 5.96. The predicted octanol–water partition coefficient (Wildman–Crippen LogP) is 4.29. The van der Waals surface area contributed by atoms with Crippen LogP contribution in [0.25, 0.3) is 0 Å². The highest BCUT2D eigenvalue weighted by molar-refractivity contribution is 5.67. The standard InChI is InChI=1S/C18H22N2O/c1-12(2)21-18-10-15(19)9-17(11-18)20-16-7-6-13-4-3-5-14(13)8-16/h6-12,20H,3-5,19H2,1-2H3. The Labute approximate surface area is 126 Å². The number of nitrogens with one attached hydrogen (secondary N) is 1. The lowest BCUT2D eigenvalue weighted by atomic mass is 10.1. The van der Waals surface area contributed by atoms with E-state index in [1.165, 1.54) is 30.4 Å². The second kappa shape index (κ2) is 5.68. The van der Waals surface area contributed by atoms with Crippen molar-refractivity contribution in [3.63, 3.8) is 0 Å². The summed E-state index contributed by atoms with van der Waals surface area (Å²) in [7, 11) is 0. The fourth-order valence-electron chi connectivity index (χ4n) is 2.85. The van der Waals surface area contributed by atoms with E-state index < -0.39 is 0 Å². The highest BCUT2D eigenvalue weighted by Crippen LogP contribution is 2.29. The van der Waals surface area contributed by atoms with Crippen LogP contribution in [0, 0.1) is 0 Å². The topological polar surface area (TPSA) is 47.3 Å². The van der Waals surface area contributed by atoms with Crippen molar-refractivity contribution in [1.29, 1.82) is 0 Å². The van der Waals surface area contributed by atoms with Gasteiger partial charge in [0.05, 0.1) is 6.10 Å². The van der Waals surface area contributed by atoms with Crippen LogP contribution in [0.4, 0.5) is 17.1 Å². The lowest BCUT2D eigenvalue weighted by molar-refractivity contribution is 0.242. The SMILES string of the molecule is CC(C)Oc1cc(N)cc(Nc2ccc3c(c2)CCC3)c1. The van der Waals surface area contributed by atoms with Gasteiger partial charge in [-0.15, -0.1) is 0 Å². The summed E-state index contributed by atoms with van der Waals surface area (Å²) in [6.45, 7) is 4.02. The van der Waals surface area contributed by atoms with Crippen molar-refractivity contribution >= 4 is 17.1 Å². The Hall–Kier alpha value is -2.16. The van der Waals surface area contributed by atoms with Crippen molar-refractivity contribution in [2.24, 2.45) is 0 Å². The molecule has 0 radical (unpaired) electrons. The zero-order valence-electron chi connectivity index (χ0n) is 12.6. The lowest BCUT2D eigenvalue weighted by Gasteiger charge is -2.14. The number of benzene rings is 2. The van der Waals surface area contributed by atoms with E-state index in [1.54, 1.807) is 0 Å². The number of fused-ring (bicyclic) bond motifs is 1. The molecule has 0 saturated carbocycles. The van der Waals surface area contributed by atoms with Crippen LogP contribution in [0.2, 0.25) is 0 Å². The highest BCUT2D eigenvalue weighted by Gasteiger charge is 2.11. The van der Waals surface area contributed by atoms with E-state index in [2.05, 4.69) is 23.5 Å². The number of rotatable bonds is 4. The van der Waals surface area contributed by atoms with Gasteiger partial charge in [-0.1, -0.05) is 6.07 Å². The molecule has 0 bridgehead atoms. The van der Waals surface area contributed by atoms with Crippen LogP contribution in [0.3, 0.4) is 0 Å². The molecule has 2 aromatic carbocycles. The number of hydrogen-bond acceptors (Lipinski definition) is 3. The third-order valence-electron chi connectivity index (χ3n) is 3.69. The number of hydrogen-bond donors (Lipinski definition) is 2. The Bertz CT molecular complexity index is 650. The summed E-state index contributed by atoms with van der Waals surface area (Å²) < 4.78 is 5.73. The summed E-state index contributed by atoms with van der Waals surface area (Å²) in [5, 5.41) is 3.43. The van der Waals surface area contributed by atoms with Crippen LogP contribution in [-0.4, -0.2) is 6.10 Å².